The molecule has 0 radical (unpaired) electrons. The van der Waals surface area contributed by atoms with Gasteiger partial charge in [-0.3, -0.25) is 9.59 Å². The summed E-state index contributed by atoms with van der Waals surface area (Å²) >= 11 is 0. The average molecular weight is 445 g/mol. The number of aromatic amines is 1. The van der Waals surface area contributed by atoms with E-state index in [1.807, 2.05) is 48.5 Å². The first-order valence-electron chi connectivity index (χ1n) is 10.2. The van der Waals surface area contributed by atoms with Crippen molar-refractivity contribution in [1.82, 2.24) is 35.3 Å². The van der Waals surface area contributed by atoms with Crippen molar-refractivity contribution in [2.24, 2.45) is 0 Å². The fourth-order valence-corrected chi connectivity index (χ4v) is 3.26. The highest BCUT2D eigenvalue weighted by atomic mass is 16.2. The van der Waals surface area contributed by atoms with E-state index in [1.54, 1.807) is 14.1 Å². The number of anilines is 2. The Bertz CT molecular complexity index is 1310. The number of nitrogens with two attached hydrogens (primary N) is 1. The van der Waals surface area contributed by atoms with Crippen LogP contribution in [0.2, 0.25) is 0 Å². The molecule has 0 bridgehead atoms. The Hall–Kier alpha value is -4.54. The van der Waals surface area contributed by atoms with Gasteiger partial charge in [0.05, 0.1) is 11.9 Å². The van der Waals surface area contributed by atoms with Crippen molar-refractivity contribution in [3.05, 3.63) is 70.6 Å². The molecule has 2 aromatic heterocycles. The smallest absolute Gasteiger partial charge is 0.292 e. The fraction of sp³-hybridized carbons (Fsp3) is 0.182. The van der Waals surface area contributed by atoms with Crippen molar-refractivity contribution in [2.45, 2.75) is 13.1 Å². The quantitative estimate of drug-likeness (QED) is 0.386. The SMILES string of the molecule is CN(C)C(=O)Cn1ncc(N)c(NCc2ccc(-c3ccccc3-c3nn[nH]n3)cc2)c1=O. The molecule has 4 N–H and O–H groups in total. The van der Waals surface area contributed by atoms with E-state index in [9.17, 15) is 9.59 Å². The number of benzene rings is 2. The summed E-state index contributed by atoms with van der Waals surface area (Å²) in [6.07, 6.45) is 1.37. The lowest BCUT2D eigenvalue weighted by Crippen LogP contribution is -2.34. The van der Waals surface area contributed by atoms with Crippen molar-refractivity contribution in [3.63, 3.8) is 0 Å². The molecule has 0 atom stereocenters. The van der Waals surface area contributed by atoms with Gasteiger partial charge in [0.15, 0.2) is 0 Å². The van der Waals surface area contributed by atoms with E-state index in [1.165, 1.54) is 11.1 Å². The molecule has 33 heavy (non-hydrogen) atoms. The number of hydrogen-bond acceptors (Lipinski definition) is 8. The monoisotopic (exact) mass is 445 g/mol. The average Bonchev–Trinajstić information content (AvgIpc) is 3.36. The van der Waals surface area contributed by atoms with Crippen molar-refractivity contribution in [2.75, 3.05) is 25.1 Å². The number of hydrogen-bond donors (Lipinski definition) is 3. The highest BCUT2D eigenvalue weighted by Gasteiger charge is 2.14. The minimum atomic E-state index is -0.448. The number of carbonyl (C=O) groups is 1. The number of amides is 1. The van der Waals surface area contributed by atoms with Gasteiger partial charge in [-0.15, -0.1) is 10.2 Å². The highest BCUT2D eigenvalue weighted by molar-refractivity contribution is 5.80. The molecule has 2 aromatic carbocycles. The van der Waals surface area contributed by atoms with Crippen molar-refractivity contribution < 1.29 is 4.79 Å². The first-order valence-corrected chi connectivity index (χ1v) is 10.2. The summed E-state index contributed by atoms with van der Waals surface area (Å²) in [5.41, 5.74) is 9.73. The Morgan fingerprint density at radius 2 is 1.85 bits per heavy atom. The lowest BCUT2D eigenvalue weighted by Gasteiger charge is -2.14. The van der Waals surface area contributed by atoms with Crippen LogP contribution in [-0.4, -0.2) is 55.3 Å². The van der Waals surface area contributed by atoms with Crippen LogP contribution in [0, 0.1) is 0 Å². The summed E-state index contributed by atoms with van der Waals surface area (Å²) in [5, 5.41) is 21.3. The van der Waals surface area contributed by atoms with Gasteiger partial charge in [-0.25, -0.2) is 4.68 Å². The van der Waals surface area contributed by atoms with E-state index >= 15 is 0 Å². The maximum Gasteiger partial charge on any atom is 0.292 e. The second kappa shape index (κ2) is 9.30. The Labute approximate surface area is 189 Å². The molecule has 4 aromatic rings. The molecule has 1 amide bonds. The molecular weight excluding hydrogens is 422 g/mol. The molecule has 0 spiro atoms. The van der Waals surface area contributed by atoms with Crippen LogP contribution in [0.4, 0.5) is 11.4 Å². The van der Waals surface area contributed by atoms with Gasteiger partial charge in [-0.05, 0) is 21.9 Å². The van der Waals surface area contributed by atoms with Crippen LogP contribution in [0.3, 0.4) is 0 Å². The zero-order valence-electron chi connectivity index (χ0n) is 18.2. The minimum Gasteiger partial charge on any atom is -0.396 e. The Morgan fingerprint density at radius 3 is 2.52 bits per heavy atom. The molecule has 168 valence electrons. The summed E-state index contributed by atoms with van der Waals surface area (Å²) in [6, 6.07) is 15.7. The molecular formula is C22H23N9O2. The van der Waals surface area contributed by atoms with Crippen LogP contribution < -0.4 is 16.6 Å². The summed E-state index contributed by atoms with van der Waals surface area (Å²) in [7, 11) is 3.24. The number of likely N-dealkylation sites (N-methyl/N-ethyl adjacent to an activating group) is 1. The van der Waals surface area contributed by atoms with E-state index in [0.29, 0.717) is 12.4 Å². The lowest BCUT2D eigenvalue weighted by molar-refractivity contribution is -0.129. The topological polar surface area (TPSA) is 148 Å². The molecule has 0 aliphatic heterocycles. The summed E-state index contributed by atoms with van der Waals surface area (Å²) in [5.74, 6) is 0.283. The van der Waals surface area contributed by atoms with Crippen LogP contribution in [-0.2, 0) is 17.9 Å². The third-order valence-corrected chi connectivity index (χ3v) is 5.10. The summed E-state index contributed by atoms with van der Waals surface area (Å²) < 4.78 is 1.10. The molecule has 2 heterocycles. The van der Waals surface area contributed by atoms with Gasteiger partial charge in [0.1, 0.15) is 12.2 Å². The Balaban J connectivity index is 1.52. The third kappa shape index (κ3) is 4.71. The standard InChI is InChI=1S/C22H23N9O2/c1-30(2)19(32)13-31-22(33)20(18(23)12-25-31)24-11-14-7-9-15(10-8-14)16-5-3-4-6-17(16)21-26-28-29-27-21/h3-10,12,24H,11,13,23H2,1-2H3,(H,26,27,28,29). The fourth-order valence-electron chi connectivity index (χ4n) is 3.26. The summed E-state index contributed by atoms with van der Waals surface area (Å²) in [6.45, 7) is 0.215. The number of tetrazole rings is 1. The lowest BCUT2D eigenvalue weighted by atomic mass is 9.98. The predicted octanol–water partition coefficient (Wildman–Crippen LogP) is 1.37. The molecule has 4 rings (SSSR count). The van der Waals surface area contributed by atoms with Crippen molar-refractivity contribution in [1.29, 1.82) is 0 Å². The molecule has 0 aliphatic rings. The number of nitrogens with one attached hydrogen (secondary N) is 2. The zero-order valence-corrected chi connectivity index (χ0v) is 18.2. The first-order chi connectivity index (χ1) is 15.9. The van der Waals surface area contributed by atoms with Crippen LogP contribution in [0.25, 0.3) is 22.5 Å². The molecule has 0 aliphatic carbocycles. The van der Waals surface area contributed by atoms with Gasteiger partial charge in [0, 0.05) is 26.2 Å². The molecule has 11 heteroatoms. The maximum atomic E-state index is 12.7. The number of nitrogen functional groups attached to an aromatic ring is 1. The van der Waals surface area contributed by atoms with E-state index in [0.717, 1.165) is 26.9 Å². The normalized spacial score (nSPS) is 10.7. The van der Waals surface area contributed by atoms with E-state index in [2.05, 4.69) is 31.0 Å². The number of nitrogens with zero attached hydrogens (tertiary/aromatic N) is 6. The Kier molecular flexibility index (Phi) is 6.11. The number of H-pyrrole nitrogens is 1. The van der Waals surface area contributed by atoms with Crippen LogP contribution in [0.5, 0.6) is 0 Å². The predicted molar refractivity (Wildman–Crippen MR) is 124 cm³/mol. The van der Waals surface area contributed by atoms with E-state index in [-0.39, 0.29) is 23.8 Å². The Morgan fingerprint density at radius 1 is 1.12 bits per heavy atom. The third-order valence-electron chi connectivity index (χ3n) is 5.10. The van der Waals surface area contributed by atoms with Crippen molar-refractivity contribution in [3.8, 4) is 22.5 Å². The second-order valence-corrected chi connectivity index (χ2v) is 7.56. The van der Waals surface area contributed by atoms with Crippen LogP contribution in [0.15, 0.2) is 59.5 Å². The van der Waals surface area contributed by atoms with Gasteiger partial charge in [-0.1, -0.05) is 48.5 Å². The summed E-state index contributed by atoms with van der Waals surface area (Å²) in [4.78, 5) is 26.1. The van der Waals surface area contributed by atoms with Gasteiger partial charge < -0.3 is 16.0 Å². The zero-order chi connectivity index (χ0) is 23.4. The molecule has 0 unspecified atom stereocenters. The highest BCUT2D eigenvalue weighted by Crippen LogP contribution is 2.29. The largest absolute Gasteiger partial charge is 0.396 e. The second-order valence-electron chi connectivity index (χ2n) is 7.56. The van der Waals surface area contributed by atoms with Gasteiger partial charge in [0.25, 0.3) is 5.56 Å². The molecule has 0 fully saturated rings. The van der Waals surface area contributed by atoms with Crippen LogP contribution in [0.1, 0.15) is 5.56 Å². The minimum absolute atomic E-state index is 0.157. The number of aromatic nitrogens is 6. The van der Waals surface area contributed by atoms with Crippen molar-refractivity contribution >= 4 is 17.3 Å². The van der Waals surface area contributed by atoms with Gasteiger partial charge in [0.2, 0.25) is 11.7 Å². The van der Waals surface area contributed by atoms with Crippen LogP contribution >= 0.6 is 0 Å². The number of carbonyl (C=O) groups excluding carboxylic acids is 1. The molecule has 0 saturated heterocycles. The number of rotatable bonds is 7. The maximum absolute atomic E-state index is 12.7. The molecule has 0 saturated carbocycles. The first kappa shape index (κ1) is 21.7. The van der Waals surface area contributed by atoms with E-state index in [4.69, 9.17) is 5.73 Å². The van der Waals surface area contributed by atoms with Gasteiger partial charge >= 0.3 is 0 Å². The molecule has 11 nitrogen and oxygen atoms in total. The van der Waals surface area contributed by atoms with Gasteiger partial charge in [-0.2, -0.15) is 10.3 Å². The van der Waals surface area contributed by atoms with E-state index < -0.39 is 5.56 Å².